The molecule has 6 heteroatoms. The van der Waals surface area contributed by atoms with E-state index in [0.717, 1.165) is 24.0 Å². The lowest BCUT2D eigenvalue weighted by Crippen LogP contribution is -2.18. The van der Waals surface area contributed by atoms with Gasteiger partial charge in [-0.25, -0.2) is 13.5 Å². The lowest BCUT2D eigenvalue weighted by molar-refractivity contribution is 0.239. The Bertz CT molecular complexity index is 675. The van der Waals surface area contributed by atoms with Gasteiger partial charge in [-0.2, -0.15) is 5.10 Å². The van der Waals surface area contributed by atoms with Gasteiger partial charge in [-0.3, -0.25) is 0 Å². The number of rotatable bonds is 5. The third kappa shape index (κ3) is 4.68. The van der Waals surface area contributed by atoms with Crippen LogP contribution in [0.5, 0.6) is 5.88 Å². The van der Waals surface area contributed by atoms with Crippen LogP contribution in [0.4, 0.5) is 14.6 Å². The zero-order valence-corrected chi connectivity index (χ0v) is 14.2. The first-order chi connectivity index (χ1) is 10.7. The van der Waals surface area contributed by atoms with Crippen LogP contribution in [0.25, 0.3) is 0 Å². The predicted molar refractivity (Wildman–Crippen MR) is 86.7 cm³/mol. The Hall–Kier alpha value is -2.11. The van der Waals surface area contributed by atoms with Crippen molar-refractivity contribution >= 4 is 5.82 Å². The zero-order chi connectivity index (χ0) is 17.2. The van der Waals surface area contributed by atoms with Crippen molar-refractivity contribution in [1.82, 2.24) is 9.78 Å². The largest absolute Gasteiger partial charge is 0.473 e. The Morgan fingerprint density at radius 2 is 1.87 bits per heavy atom. The molecular weight excluding hydrogens is 300 g/mol. The van der Waals surface area contributed by atoms with E-state index in [1.54, 1.807) is 10.7 Å². The van der Waals surface area contributed by atoms with Gasteiger partial charge in [0, 0.05) is 32.3 Å². The molecule has 0 spiro atoms. The van der Waals surface area contributed by atoms with E-state index in [-0.39, 0.29) is 17.6 Å². The molecule has 1 aromatic carbocycles. The number of nitrogens with zero attached hydrogens (tertiary/aromatic N) is 3. The summed E-state index contributed by atoms with van der Waals surface area (Å²) in [6.45, 7) is 6.90. The molecule has 0 bridgehead atoms. The Morgan fingerprint density at radius 3 is 2.48 bits per heavy atom. The summed E-state index contributed by atoms with van der Waals surface area (Å²) < 4.78 is 34.4. The van der Waals surface area contributed by atoms with Crippen LogP contribution in [-0.4, -0.2) is 23.9 Å². The third-order valence-corrected chi connectivity index (χ3v) is 3.20. The fourth-order valence-electron chi connectivity index (χ4n) is 2.09. The fourth-order valence-corrected chi connectivity index (χ4v) is 2.09. The standard InChI is InChI=1S/C17H23F2N3O/c1-17(2,3)11-22-16(9-15(20-22)21(4)5)23-10-12-8-13(18)6-7-14(12)19/h6-9H,10-11H2,1-5H3. The van der Waals surface area contributed by atoms with Crippen molar-refractivity contribution in [2.45, 2.75) is 33.9 Å². The monoisotopic (exact) mass is 323 g/mol. The molecule has 0 fully saturated rings. The molecule has 126 valence electrons. The van der Waals surface area contributed by atoms with Crippen LogP contribution in [0.1, 0.15) is 26.3 Å². The molecular formula is C17H23F2N3O. The second-order valence-electron chi connectivity index (χ2n) is 6.98. The summed E-state index contributed by atoms with van der Waals surface area (Å²) in [7, 11) is 3.78. The number of aromatic nitrogens is 2. The maximum Gasteiger partial charge on any atom is 0.214 e. The first-order valence-corrected chi connectivity index (χ1v) is 7.47. The van der Waals surface area contributed by atoms with Gasteiger partial charge < -0.3 is 9.64 Å². The highest BCUT2D eigenvalue weighted by Gasteiger charge is 2.18. The summed E-state index contributed by atoms with van der Waals surface area (Å²) in [5.41, 5.74) is 0.192. The average molecular weight is 323 g/mol. The van der Waals surface area contributed by atoms with Gasteiger partial charge in [-0.1, -0.05) is 20.8 Å². The molecule has 2 aromatic rings. The van der Waals surface area contributed by atoms with E-state index >= 15 is 0 Å². The Morgan fingerprint density at radius 1 is 1.17 bits per heavy atom. The second kappa shape index (κ2) is 6.56. The van der Waals surface area contributed by atoms with E-state index in [0.29, 0.717) is 12.4 Å². The van der Waals surface area contributed by atoms with E-state index in [1.165, 1.54) is 0 Å². The summed E-state index contributed by atoms with van der Waals surface area (Å²) in [6.07, 6.45) is 0. The van der Waals surface area contributed by atoms with Crippen molar-refractivity contribution in [3.8, 4) is 5.88 Å². The lowest BCUT2D eigenvalue weighted by Gasteiger charge is -2.19. The van der Waals surface area contributed by atoms with E-state index in [4.69, 9.17) is 4.74 Å². The molecule has 0 amide bonds. The minimum atomic E-state index is -0.485. The lowest BCUT2D eigenvalue weighted by atomic mass is 9.97. The van der Waals surface area contributed by atoms with Crippen molar-refractivity contribution in [2.24, 2.45) is 5.41 Å². The minimum absolute atomic E-state index is 0.0117. The second-order valence-corrected chi connectivity index (χ2v) is 6.98. The highest BCUT2D eigenvalue weighted by atomic mass is 19.1. The summed E-state index contributed by atoms with van der Waals surface area (Å²) in [5, 5.41) is 4.50. The quantitative estimate of drug-likeness (QED) is 0.837. The number of anilines is 1. The highest BCUT2D eigenvalue weighted by molar-refractivity contribution is 5.40. The first-order valence-electron chi connectivity index (χ1n) is 7.47. The van der Waals surface area contributed by atoms with E-state index in [9.17, 15) is 8.78 Å². The van der Waals surface area contributed by atoms with Crippen LogP contribution in [0, 0.1) is 17.0 Å². The van der Waals surface area contributed by atoms with Gasteiger partial charge in [0.25, 0.3) is 0 Å². The van der Waals surface area contributed by atoms with Gasteiger partial charge >= 0.3 is 0 Å². The molecule has 1 heterocycles. The molecule has 0 saturated heterocycles. The molecule has 0 aliphatic carbocycles. The molecule has 0 aliphatic heterocycles. The zero-order valence-electron chi connectivity index (χ0n) is 14.2. The Labute approximate surface area is 135 Å². The van der Waals surface area contributed by atoms with Crippen LogP contribution in [0.15, 0.2) is 24.3 Å². The predicted octanol–water partition coefficient (Wildman–Crippen LogP) is 3.85. The van der Waals surface area contributed by atoms with Crippen LogP contribution in [0.2, 0.25) is 0 Å². The minimum Gasteiger partial charge on any atom is -0.473 e. The third-order valence-electron chi connectivity index (χ3n) is 3.20. The van der Waals surface area contributed by atoms with Crippen LogP contribution in [0.3, 0.4) is 0 Å². The number of hydrogen-bond donors (Lipinski definition) is 0. The Balaban J connectivity index is 2.22. The molecule has 0 atom stereocenters. The van der Waals surface area contributed by atoms with E-state index < -0.39 is 11.6 Å². The van der Waals surface area contributed by atoms with Gasteiger partial charge in [0.05, 0.1) is 0 Å². The highest BCUT2D eigenvalue weighted by Crippen LogP contribution is 2.25. The topological polar surface area (TPSA) is 30.3 Å². The fraction of sp³-hybridized carbons (Fsp3) is 0.471. The summed E-state index contributed by atoms with van der Waals surface area (Å²) in [5.74, 6) is 0.319. The van der Waals surface area contributed by atoms with Gasteiger partial charge in [0.15, 0.2) is 5.82 Å². The smallest absolute Gasteiger partial charge is 0.214 e. The molecule has 0 saturated carbocycles. The molecule has 1 aromatic heterocycles. The number of halogens is 2. The van der Waals surface area contributed by atoms with Gasteiger partial charge in [-0.15, -0.1) is 0 Å². The summed E-state index contributed by atoms with van der Waals surface area (Å²) >= 11 is 0. The van der Waals surface area contributed by atoms with Gasteiger partial charge in [0.2, 0.25) is 5.88 Å². The van der Waals surface area contributed by atoms with Crippen LogP contribution < -0.4 is 9.64 Å². The van der Waals surface area contributed by atoms with Crippen LogP contribution in [-0.2, 0) is 13.2 Å². The van der Waals surface area contributed by atoms with Crippen LogP contribution >= 0.6 is 0 Å². The molecule has 0 aliphatic rings. The summed E-state index contributed by atoms with van der Waals surface area (Å²) in [6, 6.07) is 5.13. The Kier molecular flexibility index (Phi) is 4.92. The number of ether oxygens (including phenoxy) is 1. The molecule has 4 nitrogen and oxygen atoms in total. The van der Waals surface area contributed by atoms with Gasteiger partial charge in [-0.05, 0) is 23.6 Å². The number of benzene rings is 1. The molecule has 2 rings (SSSR count). The molecule has 0 radical (unpaired) electrons. The van der Waals surface area contributed by atoms with E-state index in [1.807, 2.05) is 19.0 Å². The summed E-state index contributed by atoms with van der Waals surface area (Å²) in [4.78, 5) is 1.87. The number of hydrogen-bond acceptors (Lipinski definition) is 3. The SMILES string of the molecule is CN(C)c1cc(OCc2cc(F)ccc2F)n(CC(C)(C)C)n1. The first kappa shape index (κ1) is 17.2. The van der Waals surface area contributed by atoms with Crippen molar-refractivity contribution in [3.63, 3.8) is 0 Å². The molecule has 0 N–H and O–H groups in total. The van der Waals surface area contributed by atoms with Crippen molar-refractivity contribution in [1.29, 1.82) is 0 Å². The maximum absolute atomic E-state index is 13.7. The maximum atomic E-state index is 13.7. The van der Waals surface area contributed by atoms with Crippen molar-refractivity contribution in [2.75, 3.05) is 19.0 Å². The average Bonchev–Trinajstić information content (AvgIpc) is 2.81. The normalized spacial score (nSPS) is 11.6. The molecule has 23 heavy (non-hydrogen) atoms. The van der Waals surface area contributed by atoms with Crippen molar-refractivity contribution in [3.05, 3.63) is 41.5 Å². The van der Waals surface area contributed by atoms with E-state index in [2.05, 4.69) is 25.9 Å². The molecule has 0 unspecified atom stereocenters. The van der Waals surface area contributed by atoms with Gasteiger partial charge in [0.1, 0.15) is 18.2 Å². The van der Waals surface area contributed by atoms with Crippen molar-refractivity contribution < 1.29 is 13.5 Å².